The van der Waals surface area contributed by atoms with Crippen LogP contribution in [-0.2, 0) is 20.0 Å². The first-order chi connectivity index (χ1) is 9.66. The number of aromatic nitrogens is 2. The van der Waals surface area contributed by atoms with Crippen LogP contribution in [0.4, 0.5) is 0 Å². The fourth-order valence-electron chi connectivity index (χ4n) is 3.01. The number of fused-ring (bicyclic) bond motifs is 1. The van der Waals surface area contributed by atoms with Gasteiger partial charge in [0.25, 0.3) is 0 Å². The van der Waals surface area contributed by atoms with E-state index in [2.05, 4.69) is 10.4 Å². The molecule has 0 fully saturated rings. The molecule has 4 heteroatoms. The summed E-state index contributed by atoms with van der Waals surface area (Å²) < 4.78 is 1.98. The maximum absolute atomic E-state index is 10.1. The predicted molar refractivity (Wildman–Crippen MR) is 78.6 cm³/mol. The van der Waals surface area contributed by atoms with Crippen LogP contribution in [0, 0.1) is 6.92 Å². The maximum atomic E-state index is 10.1. The van der Waals surface area contributed by atoms with Crippen molar-refractivity contribution in [2.45, 2.75) is 38.8 Å². The molecule has 2 aromatic rings. The van der Waals surface area contributed by atoms with Crippen LogP contribution in [0.3, 0.4) is 0 Å². The normalized spacial score (nSPS) is 18.0. The number of rotatable bonds is 3. The zero-order chi connectivity index (χ0) is 14.1. The van der Waals surface area contributed by atoms with Crippen LogP contribution >= 0.6 is 0 Å². The number of nitrogens with zero attached hydrogens (tertiary/aromatic N) is 2. The molecule has 1 unspecified atom stereocenters. The summed E-state index contributed by atoms with van der Waals surface area (Å²) >= 11 is 0. The number of phenolic OH excluding ortho intramolecular Hbond substituents is 1. The lowest BCUT2D eigenvalue weighted by Crippen LogP contribution is -2.25. The van der Waals surface area contributed by atoms with Crippen molar-refractivity contribution in [1.29, 1.82) is 0 Å². The Morgan fingerprint density at radius 2 is 2.30 bits per heavy atom. The first-order valence-corrected chi connectivity index (χ1v) is 7.18. The number of phenols is 1. The zero-order valence-electron chi connectivity index (χ0n) is 12.1. The van der Waals surface area contributed by atoms with E-state index in [9.17, 15) is 5.11 Å². The quantitative estimate of drug-likeness (QED) is 0.902. The van der Waals surface area contributed by atoms with Crippen molar-refractivity contribution in [3.05, 3.63) is 46.8 Å². The lowest BCUT2D eigenvalue weighted by molar-refractivity contribution is 0.432. The highest BCUT2D eigenvalue weighted by Crippen LogP contribution is 2.30. The Bertz CT molecular complexity index is 618. The standard InChI is InChI=1S/C16H21N3O/c1-11-5-3-6-12(16(11)20)9-17-14-7-4-8-15-13(14)10-18-19(15)2/h3,5-6,10,14,17,20H,4,7-9H2,1-2H3. The van der Waals surface area contributed by atoms with Crippen molar-refractivity contribution in [3.63, 3.8) is 0 Å². The van der Waals surface area contributed by atoms with E-state index in [1.54, 1.807) is 0 Å². The number of aromatic hydroxyl groups is 1. The van der Waals surface area contributed by atoms with Crippen LogP contribution in [0.5, 0.6) is 5.75 Å². The van der Waals surface area contributed by atoms with E-state index in [-0.39, 0.29) is 0 Å². The van der Waals surface area contributed by atoms with E-state index in [1.807, 2.05) is 43.0 Å². The molecule has 0 spiro atoms. The molecule has 0 saturated heterocycles. The average Bonchev–Trinajstić information content (AvgIpc) is 2.83. The minimum Gasteiger partial charge on any atom is -0.507 e. The maximum Gasteiger partial charge on any atom is 0.122 e. The highest BCUT2D eigenvalue weighted by molar-refractivity contribution is 5.39. The minimum absolute atomic E-state index is 0.340. The molecular weight excluding hydrogens is 250 g/mol. The number of para-hydroxylation sites is 1. The summed E-state index contributed by atoms with van der Waals surface area (Å²) in [5.41, 5.74) is 4.53. The van der Waals surface area contributed by atoms with Crippen LogP contribution in [0.2, 0.25) is 0 Å². The van der Waals surface area contributed by atoms with Crippen LogP contribution in [0.25, 0.3) is 0 Å². The number of aryl methyl sites for hydroxylation is 2. The van der Waals surface area contributed by atoms with Gasteiger partial charge in [0.15, 0.2) is 0 Å². The molecule has 1 aliphatic carbocycles. The molecule has 0 bridgehead atoms. The molecule has 1 atom stereocenters. The second kappa shape index (κ2) is 5.29. The average molecular weight is 271 g/mol. The number of hydrogen-bond donors (Lipinski definition) is 2. The van der Waals surface area contributed by atoms with Gasteiger partial charge >= 0.3 is 0 Å². The predicted octanol–water partition coefficient (Wildman–Crippen LogP) is 2.60. The molecule has 1 aromatic heterocycles. The monoisotopic (exact) mass is 271 g/mol. The fourth-order valence-corrected chi connectivity index (χ4v) is 3.01. The minimum atomic E-state index is 0.340. The smallest absolute Gasteiger partial charge is 0.122 e. The van der Waals surface area contributed by atoms with Gasteiger partial charge < -0.3 is 10.4 Å². The van der Waals surface area contributed by atoms with E-state index in [0.29, 0.717) is 18.3 Å². The third-order valence-corrected chi connectivity index (χ3v) is 4.24. The van der Waals surface area contributed by atoms with Gasteiger partial charge in [-0.25, -0.2) is 0 Å². The van der Waals surface area contributed by atoms with Crippen LogP contribution in [0.1, 0.15) is 41.3 Å². The van der Waals surface area contributed by atoms with Gasteiger partial charge in [0.1, 0.15) is 5.75 Å². The highest BCUT2D eigenvalue weighted by Gasteiger charge is 2.23. The second-order valence-corrected chi connectivity index (χ2v) is 5.58. The molecule has 3 rings (SSSR count). The van der Waals surface area contributed by atoms with E-state index in [1.165, 1.54) is 17.7 Å². The largest absolute Gasteiger partial charge is 0.507 e. The molecular formula is C16H21N3O. The summed E-state index contributed by atoms with van der Waals surface area (Å²) in [5, 5.41) is 18.0. The number of benzene rings is 1. The molecule has 0 aliphatic heterocycles. The van der Waals surface area contributed by atoms with Crippen molar-refractivity contribution in [1.82, 2.24) is 15.1 Å². The van der Waals surface area contributed by atoms with Crippen molar-refractivity contribution in [2.24, 2.45) is 7.05 Å². The van der Waals surface area contributed by atoms with Crippen molar-refractivity contribution >= 4 is 0 Å². The number of nitrogens with one attached hydrogen (secondary N) is 1. The van der Waals surface area contributed by atoms with Gasteiger partial charge in [-0.15, -0.1) is 0 Å². The zero-order valence-corrected chi connectivity index (χ0v) is 12.1. The van der Waals surface area contributed by atoms with Gasteiger partial charge in [0, 0.05) is 36.5 Å². The van der Waals surface area contributed by atoms with Crippen molar-refractivity contribution in [3.8, 4) is 5.75 Å². The summed E-state index contributed by atoms with van der Waals surface area (Å²) in [5.74, 6) is 0.405. The Hall–Kier alpha value is -1.81. The van der Waals surface area contributed by atoms with Crippen LogP contribution in [-0.4, -0.2) is 14.9 Å². The van der Waals surface area contributed by atoms with E-state index >= 15 is 0 Å². The summed E-state index contributed by atoms with van der Waals surface area (Å²) in [6.07, 6.45) is 5.40. The van der Waals surface area contributed by atoms with Gasteiger partial charge in [-0.2, -0.15) is 5.10 Å². The van der Waals surface area contributed by atoms with Crippen LogP contribution in [0.15, 0.2) is 24.4 Å². The molecule has 2 N–H and O–H groups in total. The van der Waals surface area contributed by atoms with E-state index in [0.717, 1.165) is 24.0 Å². The highest BCUT2D eigenvalue weighted by atomic mass is 16.3. The second-order valence-electron chi connectivity index (χ2n) is 5.58. The molecule has 0 amide bonds. The third-order valence-electron chi connectivity index (χ3n) is 4.24. The summed E-state index contributed by atoms with van der Waals surface area (Å²) in [6, 6.07) is 6.23. The van der Waals surface area contributed by atoms with Gasteiger partial charge in [-0.05, 0) is 31.7 Å². The molecule has 4 nitrogen and oxygen atoms in total. The summed E-state index contributed by atoms with van der Waals surface area (Å²) in [7, 11) is 2.01. The Balaban J connectivity index is 1.75. The summed E-state index contributed by atoms with van der Waals surface area (Å²) in [4.78, 5) is 0. The van der Waals surface area contributed by atoms with E-state index < -0.39 is 0 Å². The molecule has 0 saturated carbocycles. The Morgan fingerprint density at radius 1 is 1.45 bits per heavy atom. The molecule has 1 heterocycles. The first-order valence-electron chi connectivity index (χ1n) is 7.18. The van der Waals surface area contributed by atoms with Crippen molar-refractivity contribution < 1.29 is 5.11 Å². The SMILES string of the molecule is Cc1cccc(CNC2CCCc3c2cnn3C)c1O. The molecule has 1 aromatic carbocycles. The Labute approximate surface area is 119 Å². The molecule has 0 radical (unpaired) electrons. The number of hydrogen-bond acceptors (Lipinski definition) is 3. The van der Waals surface area contributed by atoms with Gasteiger partial charge in [-0.1, -0.05) is 18.2 Å². The van der Waals surface area contributed by atoms with Gasteiger partial charge in [-0.3, -0.25) is 4.68 Å². The van der Waals surface area contributed by atoms with E-state index in [4.69, 9.17) is 0 Å². The Morgan fingerprint density at radius 3 is 3.15 bits per heavy atom. The van der Waals surface area contributed by atoms with Crippen molar-refractivity contribution in [2.75, 3.05) is 0 Å². The molecule has 20 heavy (non-hydrogen) atoms. The first kappa shape index (κ1) is 13.2. The Kier molecular flexibility index (Phi) is 3.49. The van der Waals surface area contributed by atoms with Crippen LogP contribution < -0.4 is 5.32 Å². The summed E-state index contributed by atoms with van der Waals surface area (Å²) in [6.45, 7) is 2.62. The van der Waals surface area contributed by atoms with Gasteiger partial charge in [0.2, 0.25) is 0 Å². The fraction of sp³-hybridized carbons (Fsp3) is 0.438. The lowest BCUT2D eigenvalue weighted by Gasteiger charge is -2.24. The molecule has 106 valence electrons. The third kappa shape index (κ3) is 2.31. The lowest BCUT2D eigenvalue weighted by atomic mass is 9.93. The molecule has 1 aliphatic rings. The topological polar surface area (TPSA) is 50.1 Å². The van der Waals surface area contributed by atoms with Gasteiger partial charge in [0.05, 0.1) is 6.20 Å².